The Morgan fingerprint density at radius 3 is 2.45 bits per heavy atom. The van der Waals surface area contributed by atoms with Gasteiger partial charge in [-0.3, -0.25) is 34.2 Å². The molecule has 10 heteroatoms. The minimum atomic E-state index is -0.979. The Kier molecular flexibility index (Phi) is 5.73. The maximum absolute atomic E-state index is 12.9. The van der Waals surface area contributed by atoms with Gasteiger partial charge in [-0.25, -0.2) is 0 Å². The number of hydrogen-bond acceptors (Lipinski definition) is 7. The molecule has 1 aromatic carbocycles. The van der Waals surface area contributed by atoms with Gasteiger partial charge in [-0.15, -0.1) is 0 Å². The first-order valence-electron chi connectivity index (χ1n) is 10.3. The maximum atomic E-state index is 12.9. The van der Waals surface area contributed by atoms with E-state index in [4.69, 9.17) is 9.84 Å². The van der Waals surface area contributed by atoms with Crippen molar-refractivity contribution in [1.29, 1.82) is 0 Å². The number of hydrogen-bond donors (Lipinski definition) is 2. The van der Waals surface area contributed by atoms with Crippen molar-refractivity contribution in [3.8, 4) is 0 Å². The fourth-order valence-corrected chi connectivity index (χ4v) is 4.25. The van der Waals surface area contributed by atoms with Crippen molar-refractivity contribution in [3.05, 3.63) is 29.3 Å². The van der Waals surface area contributed by atoms with Crippen molar-refractivity contribution >= 4 is 35.3 Å². The molecule has 0 aromatic heterocycles. The number of piperidine rings is 2. The number of aliphatic carboxylic acids is 1. The summed E-state index contributed by atoms with van der Waals surface area (Å²) in [7, 11) is 0. The number of benzene rings is 1. The molecule has 0 saturated carbocycles. The fraction of sp³-hybridized carbons (Fsp3) is 0.476. The van der Waals surface area contributed by atoms with Crippen LogP contribution < -0.4 is 10.2 Å². The summed E-state index contributed by atoms with van der Waals surface area (Å²) < 4.78 is 5.61. The van der Waals surface area contributed by atoms with Crippen LogP contribution in [0.25, 0.3) is 0 Å². The zero-order chi connectivity index (χ0) is 22.1. The molecule has 31 heavy (non-hydrogen) atoms. The number of carbonyl (C=O) groups excluding carboxylic acids is 4. The summed E-state index contributed by atoms with van der Waals surface area (Å²) in [6, 6.07) is 4.08. The summed E-state index contributed by atoms with van der Waals surface area (Å²) in [6.07, 6.45) is 1.64. The quantitative estimate of drug-likeness (QED) is 0.627. The molecule has 3 aliphatic rings. The average molecular weight is 429 g/mol. The van der Waals surface area contributed by atoms with E-state index in [1.165, 1.54) is 0 Å². The van der Waals surface area contributed by atoms with Gasteiger partial charge in [0.05, 0.1) is 30.3 Å². The maximum Gasteiger partial charge on any atom is 0.305 e. The van der Waals surface area contributed by atoms with Gasteiger partial charge in [0.1, 0.15) is 6.04 Å². The molecular formula is C21H23N3O7. The first kappa shape index (κ1) is 21.0. The highest BCUT2D eigenvalue weighted by molar-refractivity contribution is 6.23. The van der Waals surface area contributed by atoms with E-state index in [0.717, 1.165) is 23.4 Å². The number of anilines is 1. The number of rotatable bonds is 6. The Bertz CT molecular complexity index is 952. The molecule has 164 valence electrons. The van der Waals surface area contributed by atoms with Crippen LogP contribution in [0.2, 0.25) is 0 Å². The van der Waals surface area contributed by atoms with Crippen LogP contribution in [-0.2, 0) is 19.1 Å². The second-order valence-corrected chi connectivity index (χ2v) is 7.88. The van der Waals surface area contributed by atoms with Gasteiger partial charge in [0, 0.05) is 25.2 Å². The lowest BCUT2D eigenvalue weighted by molar-refractivity contribution is -0.139. The predicted octanol–water partition coefficient (Wildman–Crippen LogP) is 0.548. The molecule has 1 unspecified atom stereocenters. The Morgan fingerprint density at radius 1 is 1.06 bits per heavy atom. The van der Waals surface area contributed by atoms with E-state index >= 15 is 0 Å². The van der Waals surface area contributed by atoms with E-state index in [-0.39, 0.29) is 43.1 Å². The molecule has 3 aliphatic heterocycles. The molecular weight excluding hydrogens is 406 g/mol. The van der Waals surface area contributed by atoms with Crippen molar-refractivity contribution in [2.45, 2.75) is 44.2 Å². The number of imide groups is 2. The van der Waals surface area contributed by atoms with Gasteiger partial charge in [-0.05, 0) is 37.5 Å². The molecule has 3 heterocycles. The minimum absolute atomic E-state index is 0.00347. The number of carboxylic acid groups (broad SMARTS) is 1. The van der Waals surface area contributed by atoms with Crippen LogP contribution >= 0.6 is 0 Å². The molecule has 0 bridgehead atoms. The molecule has 4 rings (SSSR count). The highest BCUT2D eigenvalue weighted by atomic mass is 16.5. The van der Waals surface area contributed by atoms with E-state index in [2.05, 4.69) is 10.2 Å². The standard InChI is InChI=1S/C21H23N3O7/c25-17-4-3-16(19(28)22-17)24-20(29)14-2-1-12(11-15(14)21(24)30)23-8-5-13(6-9-23)31-10-7-18(26)27/h1-2,11,13,16H,3-10H2,(H,26,27)(H,22,25,28). The summed E-state index contributed by atoms with van der Waals surface area (Å²) in [6.45, 7) is 1.54. The highest BCUT2D eigenvalue weighted by Crippen LogP contribution is 2.31. The van der Waals surface area contributed by atoms with Crippen molar-refractivity contribution in [1.82, 2.24) is 10.2 Å². The number of fused-ring (bicyclic) bond motifs is 1. The molecule has 0 aliphatic carbocycles. The molecule has 0 radical (unpaired) electrons. The van der Waals surface area contributed by atoms with Gasteiger partial charge in [-0.2, -0.15) is 0 Å². The van der Waals surface area contributed by atoms with E-state index < -0.39 is 35.6 Å². The number of carboxylic acids is 1. The molecule has 1 atom stereocenters. The van der Waals surface area contributed by atoms with Gasteiger partial charge >= 0.3 is 5.97 Å². The van der Waals surface area contributed by atoms with Gasteiger partial charge in [0.15, 0.2) is 0 Å². The van der Waals surface area contributed by atoms with Crippen LogP contribution in [0.15, 0.2) is 18.2 Å². The zero-order valence-electron chi connectivity index (χ0n) is 16.8. The smallest absolute Gasteiger partial charge is 0.305 e. The van der Waals surface area contributed by atoms with Crippen LogP contribution in [0.1, 0.15) is 52.8 Å². The summed E-state index contributed by atoms with van der Waals surface area (Å²) in [5, 5.41) is 10.9. The average Bonchev–Trinajstić information content (AvgIpc) is 2.98. The van der Waals surface area contributed by atoms with Crippen LogP contribution in [0.3, 0.4) is 0 Å². The third kappa shape index (κ3) is 4.15. The molecule has 2 fully saturated rings. The van der Waals surface area contributed by atoms with E-state index in [1.54, 1.807) is 18.2 Å². The molecule has 0 spiro atoms. The summed E-state index contributed by atoms with van der Waals surface area (Å²) >= 11 is 0. The predicted molar refractivity (Wildman–Crippen MR) is 107 cm³/mol. The Hall–Kier alpha value is -3.27. The summed E-state index contributed by atoms with van der Waals surface area (Å²) in [5.41, 5.74) is 1.31. The summed E-state index contributed by atoms with van der Waals surface area (Å²) in [4.78, 5) is 62.9. The van der Waals surface area contributed by atoms with Gasteiger partial charge < -0.3 is 14.7 Å². The normalized spacial score (nSPS) is 22.0. The Balaban J connectivity index is 1.43. The number of ether oxygens (including phenoxy) is 1. The third-order valence-corrected chi connectivity index (χ3v) is 5.90. The van der Waals surface area contributed by atoms with Crippen molar-refractivity contribution in [3.63, 3.8) is 0 Å². The van der Waals surface area contributed by atoms with Crippen molar-refractivity contribution < 1.29 is 33.8 Å². The van der Waals surface area contributed by atoms with Gasteiger partial charge in [0.25, 0.3) is 11.8 Å². The van der Waals surface area contributed by atoms with Crippen LogP contribution in [0.5, 0.6) is 0 Å². The summed E-state index contributed by atoms with van der Waals surface area (Å²) in [5.74, 6) is -2.97. The molecule has 2 N–H and O–H groups in total. The topological polar surface area (TPSA) is 133 Å². The Morgan fingerprint density at radius 2 is 1.77 bits per heavy atom. The third-order valence-electron chi connectivity index (χ3n) is 5.90. The van der Waals surface area contributed by atoms with Crippen molar-refractivity contribution in [2.75, 3.05) is 24.6 Å². The van der Waals surface area contributed by atoms with Crippen LogP contribution in [-0.4, -0.2) is 71.4 Å². The van der Waals surface area contributed by atoms with E-state index in [1.807, 2.05) is 0 Å². The molecule has 10 nitrogen and oxygen atoms in total. The lowest BCUT2D eigenvalue weighted by Gasteiger charge is -2.33. The number of amides is 4. The fourth-order valence-electron chi connectivity index (χ4n) is 4.25. The second-order valence-electron chi connectivity index (χ2n) is 7.88. The number of nitrogens with one attached hydrogen (secondary N) is 1. The van der Waals surface area contributed by atoms with E-state index in [9.17, 15) is 24.0 Å². The first-order valence-corrected chi connectivity index (χ1v) is 10.3. The number of carbonyl (C=O) groups is 5. The molecule has 1 aromatic rings. The molecule has 4 amide bonds. The van der Waals surface area contributed by atoms with Crippen LogP contribution in [0, 0.1) is 0 Å². The van der Waals surface area contributed by atoms with Gasteiger partial charge in [-0.1, -0.05) is 0 Å². The monoisotopic (exact) mass is 429 g/mol. The molecule has 2 saturated heterocycles. The van der Waals surface area contributed by atoms with Crippen molar-refractivity contribution in [2.24, 2.45) is 0 Å². The largest absolute Gasteiger partial charge is 0.481 e. The van der Waals surface area contributed by atoms with Crippen LogP contribution in [0.4, 0.5) is 5.69 Å². The first-order chi connectivity index (χ1) is 14.8. The van der Waals surface area contributed by atoms with Gasteiger partial charge in [0.2, 0.25) is 11.8 Å². The second kappa shape index (κ2) is 8.46. The highest BCUT2D eigenvalue weighted by Gasteiger charge is 2.44. The minimum Gasteiger partial charge on any atom is -0.481 e. The van der Waals surface area contributed by atoms with E-state index in [0.29, 0.717) is 13.1 Å². The Labute approximate surface area is 178 Å². The number of nitrogens with zero attached hydrogens (tertiary/aromatic N) is 2. The zero-order valence-corrected chi connectivity index (χ0v) is 16.8. The lowest BCUT2D eigenvalue weighted by Crippen LogP contribution is -2.54. The lowest BCUT2D eigenvalue weighted by atomic mass is 10.0. The SMILES string of the molecule is O=C(O)CCOC1CCN(c2ccc3c(c2)C(=O)N(C2CCC(=O)NC2=O)C3=O)CC1.